The average molecular weight is 338 g/mol. The molecule has 1 aromatic heterocycles. The number of rotatable bonds is 5. The van der Waals surface area contributed by atoms with E-state index in [1.807, 2.05) is 11.3 Å². The van der Waals surface area contributed by atoms with E-state index in [4.69, 9.17) is 0 Å². The first kappa shape index (κ1) is 14.8. The maximum Gasteiger partial charge on any atom is 0.0412 e. The predicted octanol–water partition coefficient (Wildman–Crippen LogP) is 5.55. The molecule has 1 aromatic carbocycles. The summed E-state index contributed by atoms with van der Waals surface area (Å²) < 4.78 is 1.21. The van der Waals surface area contributed by atoms with Crippen molar-refractivity contribution in [3.63, 3.8) is 0 Å². The van der Waals surface area contributed by atoms with Gasteiger partial charge in [-0.05, 0) is 53.5 Å². The lowest BCUT2D eigenvalue weighted by atomic mass is 10.1. The molecule has 1 nitrogen and oxygen atoms in total. The highest BCUT2D eigenvalue weighted by Crippen LogP contribution is 2.37. The summed E-state index contributed by atoms with van der Waals surface area (Å²) in [5.41, 5.74) is 2.58. The van der Waals surface area contributed by atoms with E-state index < -0.39 is 0 Å². The maximum atomic E-state index is 3.70. The molecule has 0 saturated carbocycles. The van der Waals surface area contributed by atoms with Gasteiger partial charge in [-0.3, -0.25) is 0 Å². The molecule has 0 fully saturated rings. The first-order valence-corrected chi connectivity index (χ1v) is 8.36. The van der Waals surface area contributed by atoms with Crippen molar-refractivity contribution >= 4 is 27.3 Å². The van der Waals surface area contributed by atoms with E-state index in [1.54, 1.807) is 0 Å². The smallest absolute Gasteiger partial charge is 0.0412 e. The van der Waals surface area contributed by atoms with Crippen molar-refractivity contribution in [2.45, 2.75) is 33.2 Å². The summed E-state index contributed by atoms with van der Waals surface area (Å²) in [6, 6.07) is 11.4. The highest BCUT2D eigenvalue weighted by molar-refractivity contribution is 9.10. The SMILES string of the molecule is CCNC(CC)c1ccc(-c2cccc(C)c2Br)s1. The number of aryl methyl sites for hydroxylation is 1. The largest absolute Gasteiger partial charge is 0.310 e. The molecule has 0 amide bonds. The molecule has 1 heterocycles. The Bertz CT molecular complexity index is 547. The maximum absolute atomic E-state index is 3.70. The number of hydrogen-bond donors (Lipinski definition) is 1. The van der Waals surface area contributed by atoms with Crippen LogP contribution in [0.2, 0.25) is 0 Å². The van der Waals surface area contributed by atoms with E-state index in [-0.39, 0.29) is 0 Å². The van der Waals surface area contributed by atoms with E-state index in [2.05, 4.69) is 72.3 Å². The second-order valence-electron chi connectivity index (χ2n) is 4.66. The van der Waals surface area contributed by atoms with Crippen LogP contribution in [0.3, 0.4) is 0 Å². The van der Waals surface area contributed by atoms with Crippen LogP contribution in [-0.2, 0) is 0 Å². The molecular weight excluding hydrogens is 318 g/mol. The van der Waals surface area contributed by atoms with Gasteiger partial charge in [-0.25, -0.2) is 0 Å². The molecule has 1 atom stereocenters. The third kappa shape index (κ3) is 3.28. The Hall–Kier alpha value is -0.640. The molecule has 2 aromatic rings. The van der Waals surface area contributed by atoms with E-state index in [9.17, 15) is 0 Å². The van der Waals surface area contributed by atoms with Crippen molar-refractivity contribution < 1.29 is 0 Å². The molecule has 0 aliphatic carbocycles. The molecule has 19 heavy (non-hydrogen) atoms. The number of benzene rings is 1. The Kier molecular flexibility index (Phi) is 5.20. The first-order valence-electron chi connectivity index (χ1n) is 6.76. The molecule has 2 rings (SSSR count). The quantitative estimate of drug-likeness (QED) is 0.754. The molecule has 0 radical (unpaired) electrons. The minimum Gasteiger partial charge on any atom is -0.310 e. The zero-order chi connectivity index (χ0) is 13.8. The second-order valence-corrected chi connectivity index (χ2v) is 6.57. The van der Waals surface area contributed by atoms with Crippen molar-refractivity contribution in [1.82, 2.24) is 5.32 Å². The van der Waals surface area contributed by atoms with E-state index in [0.29, 0.717) is 6.04 Å². The summed E-state index contributed by atoms with van der Waals surface area (Å²) in [6.45, 7) is 7.54. The van der Waals surface area contributed by atoms with Crippen LogP contribution in [0.1, 0.15) is 36.8 Å². The van der Waals surface area contributed by atoms with Gasteiger partial charge in [0.25, 0.3) is 0 Å². The Morgan fingerprint density at radius 3 is 2.68 bits per heavy atom. The molecule has 0 aliphatic heterocycles. The minimum atomic E-state index is 0.479. The van der Waals surface area contributed by atoms with Crippen LogP contribution in [0.5, 0.6) is 0 Å². The second kappa shape index (κ2) is 6.69. The average Bonchev–Trinajstić information content (AvgIpc) is 2.88. The lowest BCUT2D eigenvalue weighted by Gasteiger charge is -2.13. The molecule has 1 N–H and O–H groups in total. The highest BCUT2D eigenvalue weighted by Gasteiger charge is 2.13. The summed E-state index contributed by atoms with van der Waals surface area (Å²) in [7, 11) is 0. The van der Waals surface area contributed by atoms with Gasteiger partial charge in [0.2, 0.25) is 0 Å². The molecule has 3 heteroatoms. The zero-order valence-electron chi connectivity index (χ0n) is 11.7. The summed E-state index contributed by atoms with van der Waals surface area (Å²) in [5, 5.41) is 3.54. The van der Waals surface area contributed by atoms with E-state index in [0.717, 1.165) is 13.0 Å². The van der Waals surface area contributed by atoms with Crippen LogP contribution < -0.4 is 5.32 Å². The van der Waals surface area contributed by atoms with Crippen LogP contribution in [0.4, 0.5) is 0 Å². The van der Waals surface area contributed by atoms with Crippen LogP contribution in [0.25, 0.3) is 10.4 Å². The third-order valence-corrected chi connectivity index (χ3v) is 5.57. The zero-order valence-corrected chi connectivity index (χ0v) is 14.1. The lowest BCUT2D eigenvalue weighted by Crippen LogP contribution is -2.18. The van der Waals surface area contributed by atoms with Gasteiger partial charge in [0.15, 0.2) is 0 Å². The van der Waals surface area contributed by atoms with Crippen LogP contribution >= 0.6 is 27.3 Å². The van der Waals surface area contributed by atoms with Crippen LogP contribution in [0.15, 0.2) is 34.8 Å². The Balaban J connectivity index is 2.32. The van der Waals surface area contributed by atoms with Crippen LogP contribution in [-0.4, -0.2) is 6.54 Å². The van der Waals surface area contributed by atoms with Crippen molar-refractivity contribution in [2.24, 2.45) is 0 Å². The fraction of sp³-hybridized carbons (Fsp3) is 0.375. The summed E-state index contributed by atoms with van der Waals surface area (Å²) >= 11 is 5.59. The standard InChI is InChI=1S/C16H20BrNS/c1-4-13(18-5-2)15-10-9-14(19-15)12-8-6-7-11(3)16(12)17/h6-10,13,18H,4-5H2,1-3H3. The first-order chi connectivity index (χ1) is 9.17. The van der Waals surface area contributed by atoms with Gasteiger partial charge in [-0.1, -0.05) is 32.0 Å². The summed E-state index contributed by atoms with van der Waals surface area (Å²) in [4.78, 5) is 2.76. The van der Waals surface area contributed by atoms with E-state index >= 15 is 0 Å². The minimum absolute atomic E-state index is 0.479. The summed E-state index contributed by atoms with van der Waals surface area (Å²) in [6.07, 6.45) is 1.13. The Morgan fingerprint density at radius 2 is 2.00 bits per heavy atom. The number of nitrogens with one attached hydrogen (secondary N) is 1. The predicted molar refractivity (Wildman–Crippen MR) is 88.9 cm³/mol. The molecule has 0 spiro atoms. The van der Waals surface area contributed by atoms with Gasteiger partial charge in [0.1, 0.15) is 0 Å². The Labute approximate surface area is 128 Å². The third-order valence-electron chi connectivity index (χ3n) is 3.29. The van der Waals surface area contributed by atoms with Crippen molar-refractivity contribution in [3.8, 4) is 10.4 Å². The fourth-order valence-corrected chi connectivity index (χ4v) is 4.02. The van der Waals surface area contributed by atoms with Gasteiger partial charge in [0.05, 0.1) is 0 Å². The molecule has 102 valence electrons. The topological polar surface area (TPSA) is 12.0 Å². The van der Waals surface area contributed by atoms with Gasteiger partial charge < -0.3 is 5.32 Å². The molecule has 0 aliphatic rings. The number of halogens is 1. The lowest BCUT2D eigenvalue weighted by molar-refractivity contribution is 0.545. The summed E-state index contributed by atoms with van der Waals surface area (Å²) in [5.74, 6) is 0. The van der Waals surface area contributed by atoms with Crippen LogP contribution in [0, 0.1) is 6.92 Å². The number of hydrogen-bond acceptors (Lipinski definition) is 2. The normalized spacial score (nSPS) is 12.6. The molecule has 0 saturated heterocycles. The van der Waals surface area contributed by atoms with Crippen molar-refractivity contribution in [1.29, 1.82) is 0 Å². The molecular formula is C16H20BrNS. The van der Waals surface area contributed by atoms with Crippen molar-refractivity contribution in [3.05, 3.63) is 45.2 Å². The van der Waals surface area contributed by atoms with Gasteiger partial charge >= 0.3 is 0 Å². The fourth-order valence-electron chi connectivity index (χ4n) is 2.22. The number of thiophene rings is 1. The van der Waals surface area contributed by atoms with Gasteiger partial charge in [-0.2, -0.15) is 0 Å². The van der Waals surface area contributed by atoms with Gasteiger partial charge in [0, 0.05) is 25.8 Å². The van der Waals surface area contributed by atoms with Gasteiger partial charge in [-0.15, -0.1) is 11.3 Å². The molecule has 0 bridgehead atoms. The van der Waals surface area contributed by atoms with Crippen molar-refractivity contribution in [2.75, 3.05) is 6.54 Å². The van der Waals surface area contributed by atoms with E-state index in [1.165, 1.54) is 25.4 Å². The monoisotopic (exact) mass is 337 g/mol. The Morgan fingerprint density at radius 1 is 1.21 bits per heavy atom. The highest BCUT2D eigenvalue weighted by atomic mass is 79.9. The molecule has 1 unspecified atom stereocenters.